The van der Waals surface area contributed by atoms with Gasteiger partial charge in [-0.05, 0) is 36.4 Å². The summed E-state index contributed by atoms with van der Waals surface area (Å²) in [6.45, 7) is 0. The molecule has 28 heavy (non-hydrogen) atoms. The maximum absolute atomic E-state index is 12.6. The van der Waals surface area contributed by atoms with Crippen molar-refractivity contribution in [2.24, 2.45) is 0 Å². The number of hydrogen-bond acceptors (Lipinski definition) is 7. The lowest BCUT2D eigenvalue weighted by molar-refractivity contribution is 0.102. The summed E-state index contributed by atoms with van der Waals surface area (Å²) in [4.78, 5) is 21.4. The molecule has 0 radical (unpaired) electrons. The van der Waals surface area contributed by atoms with E-state index in [4.69, 9.17) is 21.1 Å². The van der Waals surface area contributed by atoms with Crippen LogP contribution in [0.3, 0.4) is 0 Å². The van der Waals surface area contributed by atoms with Crippen LogP contribution in [-0.4, -0.2) is 30.1 Å². The van der Waals surface area contributed by atoms with E-state index >= 15 is 0 Å². The average molecular weight is 432 g/mol. The second kappa shape index (κ2) is 7.75. The molecule has 0 saturated heterocycles. The normalized spacial score (nSPS) is 10.8. The Morgan fingerprint density at radius 3 is 2.68 bits per heavy atom. The van der Waals surface area contributed by atoms with Crippen LogP contribution in [0.4, 0.5) is 5.13 Å². The van der Waals surface area contributed by atoms with E-state index in [1.54, 1.807) is 25.7 Å². The predicted molar refractivity (Wildman–Crippen MR) is 113 cm³/mol. The number of carbonyl (C=O) groups excluding carboxylic acids is 1. The third-order valence-corrected chi connectivity index (χ3v) is 6.00. The molecular weight excluding hydrogens is 418 g/mol. The molecule has 6 nitrogen and oxygen atoms in total. The molecule has 4 aromatic rings. The van der Waals surface area contributed by atoms with Gasteiger partial charge in [0.25, 0.3) is 5.91 Å². The zero-order valence-electron chi connectivity index (χ0n) is 14.9. The fourth-order valence-corrected chi connectivity index (χ4v) is 4.53. The Morgan fingerprint density at radius 2 is 1.89 bits per heavy atom. The lowest BCUT2D eigenvalue weighted by Crippen LogP contribution is -2.11. The highest BCUT2D eigenvalue weighted by molar-refractivity contribution is 7.22. The van der Waals surface area contributed by atoms with E-state index in [0.29, 0.717) is 32.4 Å². The van der Waals surface area contributed by atoms with Crippen LogP contribution < -0.4 is 14.8 Å². The van der Waals surface area contributed by atoms with E-state index in [-0.39, 0.29) is 5.91 Å². The number of halogens is 1. The average Bonchev–Trinajstić information content (AvgIpc) is 3.34. The van der Waals surface area contributed by atoms with Gasteiger partial charge in [0, 0.05) is 16.0 Å². The second-order valence-corrected chi connectivity index (χ2v) is 8.02. The monoisotopic (exact) mass is 431 g/mol. The molecule has 0 aliphatic carbocycles. The topological polar surface area (TPSA) is 73.3 Å². The minimum absolute atomic E-state index is 0.312. The molecule has 0 spiro atoms. The largest absolute Gasteiger partial charge is 0.493 e. The molecule has 0 aliphatic rings. The van der Waals surface area contributed by atoms with Crippen LogP contribution in [0.1, 0.15) is 10.5 Å². The van der Waals surface area contributed by atoms with Crippen molar-refractivity contribution in [3.05, 3.63) is 52.5 Å². The van der Waals surface area contributed by atoms with Crippen molar-refractivity contribution in [2.45, 2.75) is 0 Å². The number of methoxy groups -OCH3 is 2. The van der Waals surface area contributed by atoms with Gasteiger partial charge in [-0.1, -0.05) is 22.9 Å². The number of rotatable bonds is 5. The molecule has 0 saturated carbocycles. The van der Waals surface area contributed by atoms with Gasteiger partial charge in [-0.3, -0.25) is 10.1 Å². The lowest BCUT2D eigenvalue weighted by Gasteiger charge is -2.08. The van der Waals surface area contributed by atoms with Crippen molar-refractivity contribution in [1.82, 2.24) is 9.97 Å². The summed E-state index contributed by atoms with van der Waals surface area (Å²) in [6.07, 6.45) is 0. The third kappa shape index (κ3) is 3.66. The molecule has 1 N–H and O–H groups in total. The number of amides is 1. The van der Waals surface area contributed by atoms with Crippen LogP contribution in [0.15, 0.2) is 41.8 Å². The first-order valence-corrected chi connectivity index (χ1v) is 10.2. The zero-order valence-corrected chi connectivity index (χ0v) is 17.2. The molecule has 1 amide bonds. The lowest BCUT2D eigenvalue weighted by atomic mass is 10.2. The Bertz CT molecular complexity index is 1170. The SMILES string of the molecule is COc1ccc(-c2nc(C(=O)Nc3nc4ccc(Cl)cc4s3)cs2)cc1OC. The molecule has 4 rings (SSSR count). The molecule has 2 aromatic heterocycles. The van der Waals surface area contributed by atoms with Crippen molar-refractivity contribution in [3.63, 3.8) is 0 Å². The van der Waals surface area contributed by atoms with Gasteiger partial charge in [0.2, 0.25) is 0 Å². The van der Waals surface area contributed by atoms with E-state index in [2.05, 4.69) is 15.3 Å². The summed E-state index contributed by atoms with van der Waals surface area (Å²) in [5, 5.41) is 6.36. The number of fused-ring (bicyclic) bond motifs is 1. The van der Waals surface area contributed by atoms with Gasteiger partial charge < -0.3 is 9.47 Å². The van der Waals surface area contributed by atoms with E-state index < -0.39 is 0 Å². The van der Waals surface area contributed by atoms with Crippen molar-refractivity contribution < 1.29 is 14.3 Å². The quantitative estimate of drug-likeness (QED) is 0.461. The van der Waals surface area contributed by atoms with Crippen LogP contribution in [0, 0.1) is 0 Å². The van der Waals surface area contributed by atoms with Crippen molar-refractivity contribution >= 4 is 55.5 Å². The minimum atomic E-state index is -0.312. The van der Waals surface area contributed by atoms with Crippen molar-refractivity contribution in [1.29, 1.82) is 0 Å². The van der Waals surface area contributed by atoms with E-state index in [9.17, 15) is 4.79 Å². The fraction of sp³-hybridized carbons (Fsp3) is 0.105. The van der Waals surface area contributed by atoms with Crippen molar-refractivity contribution in [2.75, 3.05) is 19.5 Å². The molecular formula is C19H14ClN3O3S2. The molecule has 0 aliphatic heterocycles. The highest BCUT2D eigenvalue weighted by atomic mass is 35.5. The standard InChI is InChI=1S/C19H14ClN3O3S2/c1-25-14-6-3-10(7-15(14)26-2)18-21-13(9-27-18)17(24)23-19-22-12-5-4-11(20)8-16(12)28-19/h3-9H,1-2H3,(H,22,23,24). The van der Waals surface area contributed by atoms with Gasteiger partial charge in [-0.15, -0.1) is 11.3 Å². The van der Waals surface area contributed by atoms with Gasteiger partial charge in [-0.25, -0.2) is 9.97 Å². The summed E-state index contributed by atoms with van der Waals surface area (Å²) in [7, 11) is 3.16. The van der Waals surface area contributed by atoms with Gasteiger partial charge in [-0.2, -0.15) is 0 Å². The Balaban J connectivity index is 1.55. The zero-order chi connectivity index (χ0) is 19.7. The van der Waals surface area contributed by atoms with Crippen LogP contribution in [-0.2, 0) is 0 Å². The van der Waals surface area contributed by atoms with E-state index in [1.807, 2.05) is 30.3 Å². The number of hydrogen-bond donors (Lipinski definition) is 1. The van der Waals surface area contributed by atoms with E-state index in [1.165, 1.54) is 22.7 Å². The smallest absolute Gasteiger partial charge is 0.276 e. The van der Waals surface area contributed by atoms with Crippen LogP contribution in [0.2, 0.25) is 5.02 Å². The predicted octanol–water partition coefficient (Wildman–Crippen LogP) is 5.34. The molecule has 2 heterocycles. The summed E-state index contributed by atoms with van der Waals surface area (Å²) >= 11 is 8.74. The maximum atomic E-state index is 12.6. The number of ether oxygens (including phenoxy) is 2. The van der Waals surface area contributed by atoms with Crippen LogP contribution >= 0.6 is 34.3 Å². The summed E-state index contributed by atoms with van der Waals surface area (Å²) in [5.41, 5.74) is 1.96. The number of nitrogens with zero attached hydrogens (tertiary/aromatic N) is 2. The first kappa shape index (κ1) is 18.7. The fourth-order valence-electron chi connectivity index (χ4n) is 2.59. The Kier molecular flexibility index (Phi) is 5.17. The summed E-state index contributed by atoms with van der Waals surface area (Å²) < 4.78 is 11.5. The van der Waals surface area contributed by atoms with Gasteiger partial charge >= 0.3 is 0 Å². The second-order valence-electron chi connectivity index (χ2n) is 5.69. The van der Waals surface area contributed by atoms with Gasteiger partial charge in [0.1, 0.15) is 10.7 Å². The molecule has 0 fully saturated rings. The minimum Gasteiger partial charge on any atom is -0.493 e. The summed E-state index contributed by atoms with van der Waals surface area (Å²) in [5.74, 6) is 0.930. The number of anilines is 1. The molecule has 0 bridgehead atoms. The number of nitrogens with one attached hydrogen (secondary N) is 1. The first-order chi connectivity index (χ1) is 13.6. The number of thiazole rings is 2. The van der Waals surface area contributed by atoms with Gasteiger partial charge in [0.05, 0.1) is 24.4 Å². The molecule has 0 atom stereocenters. The molecule has 0 unspecified atom stereocenters. The highest BCUT2D eigenvalue weighted by Crippen LogP contribution is 2.34. The molecule has 142 valence electrons. The van der Waals surface area contributed by atoms with Crippen LogP contribution in [0.25, 0.3) is 20.8 Å². The maximum Gasteiger partial charge on any atom is 0.276 e. The van der Waals surface area contributed by atoms with Crippen LogP contribution in [0.5, 0.6) is 11.5 Å². The van der Waals surface area contributed by atoms with Gasteiger partial charge in [0.15, 0.2) is 16.6 Å². The Labute approximate surface area is 173 Å². The Morgan fingerprint density at radius 1 is 1.07 bits per heavy atom. The first-order valence-electron chi connectivity index (χ1n) is 8.13. The summed E-state index contributed by atoms with van der Waals surface area (Å²) in [6, 6.07) is 10.9. The number of aromatic nitrogens is 2. The molecule has 9 heteroatoms. The third-order valence-electron chi connectivity index (χ3n) is 3.94. The number of carbonyl (C=O) groups is 1. The Hall–Kier alpha value is -2.68. The highest BCUT2D eigenvalue weighted by Gasteiger charge is 2.15. The molecule has 2 aromatic carbocycles. The van der Waals surface area contributed by atoms with Crippen molar-refractivity contribution in [3.8, 4) is 22.1 Å². The number of benzene rings is 2. The van der Waals surface area contributed by atoms with E-state index in [0.717, 1.165) is 15.8 Å².